The quantitative estimate of drug-likeness (QED) is 0.795. The fourth-order valence-electron chi connectivity index (χ4n) is 1.97. The van der Waals surface area contributed by atoms with Crippen molar-refractivity contribution >= 4 is 17.5 Å². The summed E-state index contributed by atoms with van der Waals surface area (Å²) in [7, 11) is 0. The molecule has 0 radical (unpaired) electrons. The number of nitrogens with one attached hydrogen (secondary N) is 1. The van der Waals surface area contributed by atoms with Gasteiger partial charge in [0.25, 0.3) is 5.91 Å². The SMILES string of the molecule is CCOCCCNC(=O)c1nnn(-c2ccc(Cl)cc2)c1C. The molecule has 7 heteroatoms. The Bertz CT molecular complexity index is 625. The number of carbonyl (C=O) groups is 1. The zero-order valence-corrected chi connectivity index (χ0v) is 13.4. The van der Waals surface area contributed by atoms with Crippen LogP contribution in [0.25, 0.3) is 5.69 Å². The van der Waals surface area contributed by atoms with E-state index in [1.54, 1.807) is 16.8 Å². The molecule has 2 rings (SSSR count). The van der Waals surface area contributed by atoms with Gasteiger partial charge in [-0.2, -0.15) is 0 Å². The van der Waals surface area contributed by atoms with Crippen molar-refractivity contribution in [1.82, 2.24) is 20.3 Å². The highest BCUT2D eigenvalue weighted by Crippen LogP contribution is 2.15. The number of nitrogens with zero attached hydrogens (tertiary/aromatic N) is 3. The third-order valence-corrected chi connectivity index (χ3v) is 3.39. The number of carbonyl (C=O) groups excluding carboxylic acids is 1. The molecule has 118 valence electrons. The minimum absolute atomic E-state index is 0.228. The number of hydrogen-bond acceptors (Lipinski definition) is 4. The van der Waals surface area contributed by atoms with Crippen LogP contribution in [0.15, 0.2) is 24.3 Å². The highest BCUT2D eigenvalue weighted by atomic mass is 35.5. The van der Waals surface area contributed by atoms with Gasteiger partial charge in [0.2, 0.25) is 0 Å². The average molecular weight is 323 g/mol. The molecule has 1 amide bonds. The van der Waals surface area contributed by atoms with Crippen LogP contribution in [0.2, 0.25) is 5.02 Å². The third kappa shape index (κ3) is 4.05. The molecule has 0 bridgehead atoms. The van der Waals surface area contributed by atoms with Gasteiger partial charge in [0.1, 0.15) is 0 Å². The molecular weight excluding hydrogens is 304 g/mol. The van der Waals surface area contributed by atoms with E-state index in [9.17, 15) is 4.79 Å². The van der Waals surface area contributed by atoms with Crippen LogP contribution in [0, 0.1) is 6.92 Å². The normalized spacial score (nSPS) is 10.7. The van der Waals surface area contributed by atoms with Gasteiger partial charge in [-0.15, -0.1) is 5.10 Å². The maximum Gasteiger partial charge on any atom is 0.273 e. The topological polar surface area (TPSA) is 69.0 Å². The maximum absolute atomic E-state index is 12.1. The van der Waals surface area contributed by atoms with Crippen LogP contribution in [-0.4, -0.2) is 40.7 Å². The van der Waals surface area contributed by atoms with Gasteiger partial charge in [0.15, 0.2) is 5.69 Å². The summed E-state index contributed by atoms with van der Waals surface area (Å²) in [5, 5.41) is 11.5. The molecule has 0 aliphatic rings. The van der Waals surface area contributed by atoms with Crippen molar-refractivity contribution in [2.24, 2.45) is 0 Å². The van der Waals surface area contributed by atoms with E-state index in [-0.39, 0.29) is 5.91 Å². The Balaban J connectivity index is 2.01. The molecule has 1 N–H and O–H groups in total. The summed E-state index contributed by atoms with van der Waals surface area (Å²) in [4.78, 5) is 12.1. The summed E-state index contributed by atoms with van der Waals surface area (Å²) >= 11 is 5.87. The molecule has 1 heterocycles. The molecule has 0 saturated heterocycles. The van der Waals surface area contributed by atoms with Crippen LogP contribution in [0.4, 0.5) is 0 Å². The van der Waals surface area contributed by atoms with Crippen LogP contribution in [0.1, 0.15) is 29.5 Å². The first kappa shape index (κ1) is 16.5. The van der Waals surface area contributed by atoms with E-state index in [2.05, 4.69) is 15.6 Å². The summed E-state index contributed by atoms with van der Waals surface area (Å²) < 4.78 is 6.84. The molecule has 1 aromatic carbocycles. The first-order valence-electron chi connectivity index (χ1n) is 7.17. The number of rotatable bonds is 7. The number of benzene rings is 1. The highest BCUT2D eigenvalue weighted by Gasteiger charge is 2.16. The van der Waals surface area contributed by atoms with E-state index >= 15 is 0 Å². The predicted octanol–water partition coefficient (Wildman–Crippen LogP) is 2.39. The van der Waals surface area contributed by atoms with Gasteiger partial charge in [-0.05, 0) is 44.5 Å². The number of hydrogen-bond donors (Lipinski definition) is 1. The predicted molar refractivity (Wildman–Crippen MR) is 84.5 cm³/mol. The monoisotopic (exact) mass is 322 g/mol. The van der Waals surface area contributed by atoms with Crippen molar-refractivity contribution in [2.75, 3.05) is 19.8 Å². The lowest BCUT2D eigenvalue weighted by Crippen LogP contribution is -2.26. The second kappa shape index (κ2) is 7.91. The summed E-state index contributed by atoms with van der Waals surface area (Å²) in [6, 6.07) is 7.19. The molecule has 0 atom stereocenters. The maximum atomic E-state index is 12.1. The fourth-order valence-corrected chi connectivity index (χ4v) is 2.10. The van der Waals surface area contributed by atoms with Gasteiger partial charge in [0, 0.05) is 24.8 Å². The zero-order chi connectivity index (χ0) is 15.9. The summed E-state index contributed by atoms with van der Waals surface area (Å²) in [5.41, 5.74) is 1.82. The molecule has 2 aromatic rings. The van der Waals surface area contributed by atoms with Gasteiger partial charge in [0.05, 0.1) is 11.4 Å². The first-order chi connectivity index (χ1) is 10.6. The Kier molecular flexibility index (Phi) is 5.91. The smallest absolute Gasteiger partial charge is 0.273 e. The zero-order valence-electron chi connectivity index (χ0n) is 12.7. The Morgan fingerprint density at radius 3 is 2.77 bits per heavy atom. The van der Waals surface area contributed by atoms with Crippen LogP contribution in [-0.2, 0) is 4.74 Å². The van der Waals surface area contributed by atoms with Gasteiger partial charge >= 0.3 is 0 Å². The number of amides is 1. The molecular formula is C15H19ClN4O2. The lowest BCUT2D eigenvalue weighted by molar-refractivity contribution is 0.0938. The van der Waals surface area contributed by atoms with Crippen molar-refractivity contribution in [2.45, 2.75) is 20.3 Å². The van der Waals surface area contributed by atoms with Crippen molar-refractivity contribution in [1.29, 1.82) is 0 Å². The van der Waals surface area contributed by atoms with Crippen LogP contribution < -0.4 is 5.32 Å². The second-order valence-corrected chi connectivity index (χ2v) is 5.15. The molecule has 0 spiro atoms. The molecule has 6 nitrogen and oxygen atoms in total. The highest BCUT2D eigenvalue weighted by molar-refractivity contribution is 6.30. The van der Waals surface area contributed by atoms with Crippen LogP contribution in [0.5, 0.6) is 0 Å². The average Bonchev–Trinajstić information content (AvgIpc) is 2.89. The number of aromatic nitrogens is 3. The van der Waals surface area contributed by atoms with Crippen molar-refractivity contribution in [3.8, 4) is 5.69 Å². The summed E-state index contributed by atoms with van der Waals surface area (Å²) in [6.45, 7) is 5.61. The lowest BCUT2D eigenvalue weighted by atomic mass is 10.3. The third-order valence-electron chi connectivity index (χ3n) is 3.14. The molecule has 1 aromatic heterocycles. The first-order valence-corrected chi connectivity index (χ1v) is 7.55. The van der Waals surface area contributed by atoms with Gasteiger partial charge in [-0.3, -0.25) is 4.79 Å². The van der Waals surface area contributed by atoms with Gasteiger partial charge in [-0.25, -0.2) is 4.68 Å². The minimum atomic E-state index is -0.228. The van der Waals surface area contributed by atoms with Crippen molar-refractivity contribution < 1.29 is 9.53 Å². The van der Waals surface area contributed by atoms with Crippen molar-refractivity contribution in [3.63, 3.8) is 0 Å². The van der Waals surface area contributed by atoms with Crippen LogP contribution in [0.3, 0.4) is 0 Å². The van der Waals surface area contributed by atoms with E-state index in [0.29, 0.717) is 36.2 Å². The van der Waals surface area contributed by atoms with E-state index in [1.807, 2.05) is 26.0 Å². The lowest BCUT2D eigenvalue weighted by Gasteiger charge is -2.05. The molecule has 0 aliphatic carbocycles. The Morgan fingerprint density at radius 2 is 2.09 bits per heavy atom. The van der Waals surface area contributed by atoms with Crippen LogP contribution >= 0.6 is 11.6 Å². The molecule has 22 heavy (non-hydrogen) atoms. The Labute approximate surface area is 134 Å². The summed E-state index contributed by atoms with van der Waals surface area (Å²) in [5.74, 6) is -0.228. The standard InChI is InChI=1S/C15H19ClN4O2/c1-3-22-10-4-9-17-15(21)14-11(2)20(19-18-14)13-7-5-12(16)6-8-13/h5-8H,3-4,9-10H2,1-2H3,(H,17,21). The molecule has 0 aliphatic heterocycles. The fraction of sp³-hybridized carbons (Fsp3) is 0.400. The molecule has 0 fully saturated rings. The van der Waals surface area contributed by atoms with E-state index in [0.717, 1.165) is 12.1 Å². The summed E-state index contributed by atoms with van der Waals surface area (Å²) in [6.07, 6.45) is 0.768. The van der Waals surface area contributed by atoms with E-state index in [1.165, 1.54) is 0 Å². The van der Waals surface area contributed by atoms with E-state index < -0.39 is 0 Å². The molecule has 0 unspecified atom stereocenters. The van der Waals surface area contributed by atoms with Gasteiger partial charge in [-0.1, -0.05) is 16.8 Å². The number of halogens is 1. The largest absolute Gasteiger partial charge is 0.382 e. The minimum Gasteiger partial charge on any atom is -0.382 e. The Morgan fingerprint density at radius 1 is 1.36 bits per heavy atom. The number of ether oxygens (including phenoxy) is 1. The van der Waals surface area contributed by atoms with Gasteiger partial charge < -0.3 is 10.1 Å². The Hall–Kier alpha value is -1.92. The van der Waals surface area contributed by atoms with E-state index in [4.69, 9.17) is 16.3 Å². The van der Waals surface area contributed by atoms with Crippen molar-refractivity contribution in [3.05, 3.63) is 40.7 Å². The second-order valence-electron chi connectivity index (χ2n) is 4.72. The molecule has 0 saturated carbocycles.